The van der Waals surface area contributed by atoms with Crippen molar-refractivity contribution >= 4 is 11.8 Å². The molecule has 4 rings (SSSR count). The molecule has 3 fully saturated rings. The van der Waals surface area contributed by atoms with E-state index in [1.54, 1.807) is 12.7 Å². The van der Waals surface area contributed by atoms with Crippen LogP contribution in [0, 0.1) is 5.92 Å². The number of piperidine rings is 1. The van der Waals surface area contributed by atoms with Crippen LogP contribution in [0.25, 0.3) is 0 Å². The van der Waals surface area contributed by atoms with E-state index in [1.807, 2.05) is 14.5 Å². The Balaban J connectivity index is 1.28. The molecule has 1 aromatic rings. The molecule has 0 radical (unpaired) electrons. The Morgan fingerprint density at radius 3 is 2.42 bits per heavy atom. The van der Waals surface area contributed by atoms with E-state index >= 15 is 0 Å². The summed E-state index contributed by atoms with van der Waals surface area (Å²) < 4.78 is 1.83. The molecule has 1 aromatic heterocycles. The number of hydrogen-bond acceptors (Lipinski definition) is 5. The Kier molecular flexibility index (Phi) is 5.19. The highest BCUT2D eigenvalue weighted by atomic mass is 16.2. The van der Waals surface area contributed by atoms with Gasteiger partial charge in [0.2, 0.25) is 11.8 Å². The zero-order chi connectivity index (χ0) is 17.9. The Morgan fingerprint density at radius 2 is 1.73 bits per heavy atom. The normalized spacial score (nSPS) is 24.7. The Labute approximate surface area is 154 Å². The third-order valence-electron chi connectivity index (χ3n) is 5.79. The fourth-order valence-corrected chi connectivity index (χ4v) is 4.01. The lowest BCUT2D eigenvalue weighted by molar-refractivity contribution is -0.149. The molecule has 26 heavy (non-hydrogen) atoms. The van der Waals surface area contributed by atoms with Crippen molar-refractivity contribution in [2.75, 3.05) is 39.3 Å². The molecule has 2 saturated heterocycles. The summed E-state index contributed by atoms with van der Waals surface area (Å²) in [5.41, 5.74) is 0. The summed E-state index contributed by atoms with van der Waals surface area (Å²) in [6.07, 6.45) is 8.18. The van der Waals surface area contributed by atoms with Crippen molar-refractivity contribution in [1.29, 1.82) is 0 Å². The Hall–Kier alpha value is -1.96. The van der Waals surface area contributed by atoms with E-state index in [0.29, 0.717) is 0 Å². The lowest BCUT2D eigenvalue weighted by Gasteiger charge is -2.41. The van der Waals surface area contributed by atoms with E-state index in [0.717, 1.165) is 77.9 Å². The second-order valence-corrected chi connectivity index (χ2v) is 7.64. The summed E-state index contributed by atoms with van der Waals surface area (Å²) in [5, 5.41) is 4.13. The maximum atomic E-state index is 13.1. The van der Waals surface area contributed by atoms with E-state index in [-0.39, 0.29) is 23.8 Å². The van der Waals surface area contributed by atoms with Gasteiger partial charge in [0.05, 0.1) is 6.54 Å². The van der Waals surface area contributed by atoms with Crippen LogP contribution in [0.5, 0.6) is 0 Å². The van der Waals surface area contributed by atoms with E-state index in [4.69, 9.17) is 0 Å². The van der Waals surface area contributed by atoms with Crippen molar-refractivity contribution in [3.8, 4) is 0 Å². The minimum atomic E-state index is -0.224. The average Bonchev–Trinajstić information content (AvgIpc) is 3.41. The van der Waals surface area contributed by atoms with Crippen LogP contribution in [0.4, 0.5) is 0 Å². The van der Waals surface area contributed by atoms with Gasteiger partial charge in [0.25, 0.3) is 0 Å². The first-order valence-electron chi connectivity index (χ1n) is 9.86. The van der Waals surface area contributed by atoms with E-state index in [9.17, 15) is 9.59 Å². The molecule has 0 N–H and O–H groups in total. The minimum Gasteiger partial charge on any atom is -0.338 e. The summed E-state index contributed by atoms with van der Waals surface area (Å²) in [6, 6.07) is -0.224. The molecule has 0 bridgehead atoms. The molecule has 3 aliphatic rings. The first kappa shape index (κ1) is 17.5. The van der Waals surface area contributed by atoms with Crippen LogP contribution >= 0.6 is 0 Å². The summed E-state index contributed by atoms with van der Waals surface area (Å²) in [6.45, 7) is 5.74. The summed E-state index contributed by atoms with van der Waals surface area (Å²) in [5.74, 6) is 0.571. The van der Waals surface area contributed by atoms with E-state index in [2.05, 4.69) is 15.0 Å². The Bertz CT molecular complexity index is 622. The van der Waals surface area contributed by atoms with Crippen molar-refractivity contribution in [2.24, 2.45) is 5.92 Å². The van der Waals surface area contributed by atoms with Crippen molar-refractivity contribution < 1.29 is 9.59 Å². The minimum absolute atomic E-state index is 0.162. The molecule has 8 heteroatoms. The number of carbonyl (C=O) groups excluding carboxylic acids is 2. The molecule has 2 aliphatic heterocycles. The first-order valence-corrected chi connectivity index (χ1v) is 9.86. The van der Waals surface area contributed by atoms with Gasteiger partial charge in [-0.15, -0.1) is 0 Å². The maximum absolute atomic E-state index is 13.1. The van der Waals surface area contributed by atoms with Gasteiger partial charge >= 0.3 is 0 Å². The largest absolute Gasteiger partial charge is 0.338 e. The fourth-order valence-electron chi connectivity index (χ4n) is 4.01. The third-order valence-corrected chi connectivity index (χ3v) is 5.79. The standard InChI is InChI=1S/C18H28N6O2/c25-17(15-4-5-15)24-6-2-1-3-16(24)18(26)22-10-7-21(8-11-22)9-12-23-14-19-13-20-23/h13-16H,1-12H2. The third kappa shape index (κ3) is 3.90. The number of piperazine rings is 1. The molecule has 0 spiro atoms. The van der Waals surface area contributed by atoms with Gasteiger partial charge in [0.15, 0.2) is 0 Å². The predicted molar refractivity (Wildman–Crippen MR) is 95.1 cm³/mol. The highest BCUT2D eigenvalue weighted by molar-refractivity contribution is 5.89. The van der Waals surface area contributed by atoms with Gasteiger partial charge in [-0.05, 0) is 32.1 Å². The van der Waals surface area contributed by atoms with Crippen LogP contribution < -0.4 is 0 Å². The maximum Gasteiger partial charge on any atom is 0.245 e. The SMILES string of the molecule is O=C(C1CCCCN1C(=O)C1CC1)N1CCN(CCn2cncn2)CC1. The molecule has 1 aliphatic carbocycles. The van der Waals surface area contributed by atoms with Gasteiger partial charge in [-0.1, -0.05) is 0 Å². The molecule has 0 aromatic carbocycles. The summed E-state index contributed by atoms with van der Waals surface area (Å²) in [7, 11) is 0. The van der Waals surface area contributed by atoms with Crippen LogP contribution in [0.3, 0.4) is 0 Å². The highest BCUT2D eigenvalue weighted by Crippen LogP contribution is 2.33. The molecule has 3 heterocycles. The van der Waals surface area contributed by atoms with Crippen molar-refractivity contribution in [3.63, 3.8) is 0 Å². The van der Waals surface area contributed by atoms with Crippen LogP contribution in [0.15, 0.2) is 12.7 Å². The highest BCUT2D eigenvalue weighted by Gasteiger charge is 2.41. The van der Waals surface area contributed by atoms with E-state index < -0.39 is 0 Å². The molecule has 8 nitrogen and oxygen atoms in total. The van der Waals surface area contributed by atoms with Crippen molar-refractivity contribution in [2.45, 2.75) is 44.7 Å². The molecule has 1 unspecified atom stereocenters. The molecule has 2 amide bonds. The molecular weight excluding hydrogens is 332 g/mol. The lowest BCUT2D eigenvalue weighted by Crippen LogP contribution is -2.57. The van der Waals surface area contributed by atoms with Crippen molar-refractivity contribution in [1.82, 2.24) is 29.5 Å². The van der Waals surface area contributed by atoms with Crippen LogP contribution in [-0.2, 0) is 16.1 Å². The van der Waals surface area contributed by atoms with Crippen LogP contribution in [0.2, 0.25) is 0 Å². The monoisotopic (exact) mass is 360 g/mol. The van der Waals surface area contributed by atoms with Crippen LogP contribution in [-0.4, -0.2) is 86.6 Å². The lowest BCUT2D eigenvalue weighted by atomic mass is 9.99. The molecule has 1 atom stereocenters. The smallest absolute Gasteiger partial charge is 0.245 e. The molecular formula is C18H28N6O2. The first-order chi connectivity index (χ1) is 12.7. The predicted octanol–water partition coefficient (Wildman–Crippen LogP) is 0.213. The number of nitrogens with zero attached hydrogens (tertiary/aromatic N) is 6. The number of aromatic nitrogens is 3. The van der Waals surface area contributed by atoms with Gasteiger partial charge in [-0.25, -0.2) is 4.98 Å². The molecule has 1 saturated carbocycles. The van der Waals surface area contributed by atoms with Crippen molar-refractivity contribution in [3.05, 3.63) is 12.7 Å². The summed E-state index contributed by atoms with van der Waals surface area (Å²) in [4.78, 5) is 35.8. The second kappa shape index (κ2) is 7.73. The number of likely N-dealkylation sites (tertiary alicyclic amines) is 1. The second-order valence-electron chi connectivity index (χ2n) is 7.64. The average molecular weight is 360 g/mol. The van der Waals surface area contributed by atoms with E-state index in [1.165, 1.54) is 0 Å². The van der Waals surface area contributed by atoms with Gasteiger partial charge in [-0.2, -0.15) is 5.10 Å². The summed E-state index contributed by atoms with van der Waals surface area (Å²) >= 11 is 0. The van der Waals surface area contributed by atoms with Gasteiger partial charge in [0, 0.05) is 45.2 Å². The quantitative estimate of drug-likeness (QED) is 0.751. The number of rotatable bonds is 5. The number of carbonyl (C=O) groups is 2. The van der Waals surface area contributed by atoms with Gasteiger partial charge in [-0.3, -0.25) is 19.2 Å². The molecule has 142 valence electrons. The zero-order valence-electron chi connectivity index (χ0n) is 15.3. The topological polar surface area (TPSA) is 74.6 Å². The zero-order valence-corrected chi connectivity index (χ0v) is 15.3. The van der Waals surface area contributed by atoms with Gasteiger partial charge in [0.1, 0.15) is 18.7 Å². The van der Waals surface area contributed by atoms with Gasteiger partial charge < -0.3 is 9.80 Å². The Morgan fingerprint density at radius 1 is 0.923 bits per heavy atom. The van der Waals surface area contributed by atoms with Crippen LogP contribution in [0.1, 0.15) is 32.1 Å². The fraction of sp³-hybridized carbons (Fsp3) is 0.778. The number of hydrogen-bond donors (Lipinski definition) is 0. The number of amides is 2.